The summed E-state index contributed by atoms with van der Waals surface area (Å²) < 4.78 is 25.3. The summed E-state index contributed by atoms with van der Waals surface area (Å²) in [5, 5.41) is 12.9. The molecule has 0 aliphatic heterocycles. The van der Waals surface area contributed by atoms with Crippen molar-refractivity contribution in [2.24, 2.45) is 5.10 Å². The molecule has 0 aliphatic carbocycles. The Bertz CT molecular complexity index is 1270. The highest BCUT2D eigenvalue weighted by Crippen LogP contribution is 2.32. The first-order valence-corrected chi connectivity index (χ1v) is 10.9. The molecule has 3 aromatic carbocycles. The lowest BCUT2D eigenvalue weighted by Gasteiger charge is -2.11. The molecule has 3 rings (SSSR count). The monoisotopic (exact) mass is 573 g/mol. The van der Waals surface area contributed by atoms with Gasteiger partial charge >= 0.3 is 5.97 Å². The van der Waals surface area contributed by atoms with Crippen molar-refractivity contribution >= 4 is 50.0 Å². The molecule has 1 N–H and O–H groups in total. The van der Waals surface area contributed by atoms with Gasteiger partial charge in [0.05, 0.1) is 21.8 Å². The quantitative estimate of drug-likeness (QED) is 0.186. The number of rotatable bonds is 7. The van der Waals surface area contributed by atoms with Crippen molar-refractivity contribution in [1.29, 1.82) is 5.26 Å². The first-order valence-electron chi connectivity index (χ1n) is 9.28. The number of hydrazone groups is 1. The number of amides is 1. The zero-order valence-corrected chi connectivity index (χ0v) is 19.9. The molecule has 0 fully saturated rings. The maximum atomic E-state index is 13.4. The maximum Gasteiger partial charge on any atom is 0.343 e. The fraction of sp³-hybridized carbons (Fsp3) is 0.0435. The van der Waals surface area contributed by atoms with E-state index < -0.39 is 17.7 Å². The van der Waals surface area contributed by atoms with Crippen molar-refractivity contribution in [1.82, 2.24) is 5.43 Å². The molecular weight excluding hydrogens is 561 g/mol. The van der Waals surface area contributed by atoms with Gasteiger partial charge in [-0.05, 0) is 58.4 Å². The van der Waals surface area contributed by atoms with Crippen molar-refractivity contribution in [2.45, 2.75) is 0 Å². The molecule has 33 heavy (non-hydrogen) atoms. The molecule has 0 atom stereocenters. The third-order valence-corrected chi connectivity index (χ3v) is 5.10. The van der Waals surface area contributed by atoms with Gasteiger partial charge in [0.25, 0.3) is 5.91 Å². The van der Waals surface area contributed by atoms with Crippen LogP contribution in [-0.4, -0.2) is 24.7 Å². The summed E-state index contributed by atoms with van der Waals surface area (Å²) in [7, 11) is 0. The van der Waals surface area contributed by atoms with Gasteiger partial charge < -0.3 is 9.47 Å². The second kappa shape index (κ2) is 11.4. The maximum absolute atomic E-state index is 13.4. The number of benzene rings is 3. The number of hydrogen-bond donors (Lipinski definition) is 1. The third-order valence-electron chi connectivity index (χ3n) is 4.05. The summed E-state index contributed by atoms with van der Waals surface area (Å²) in [6.45, 7) is -0.361. The molecule has 0 saturated heterocycles. The predicted molar refractivity (Wildman–Crippen MR) is 126 cm³/mol. The fourth-order valence-corrected chi connectivity index (χ4v) is 3.92. The highest BCUT2D eigenvalue weighted by atomic mass is 79.9. The van der Waals surface area contributed by atoms with Crippen LogP contribution in [0.4, 0.5) is 4.39 Å². The average molecular weight is 575 g/mol. The van der Waals surface area contributed by atoms with Crippen molar-refractivity contribution in [2.75, 3.05) is 6.61 Å². The molecule has 0 heterocycles. The summed E-state index contributed by atoms with van der Waals surface area (Å²) in [6, 6.07) is 16.9. The second-order valence-corrected chi connectivity index (χ2v) is 8.17. The van der Waals surface area contributed by atoms with Crippen LogP contribution in [0.2, 0.25) is 0 Å². The van der Waals surface area contributed by atoms with Crippen LogP contribution in [0.3, 0.4) is 0 Å². The topological polar surface area (TPSA) is 101 Å². The molecule has 7 nitrogen and oxygen atoms in total. The minimum atomic E-state index is -0.763. The van der Waals surface area contributed by atoms with E-state index in [0.29, 0.717) is 20.1 Å². The number of carbonyl (C=O) groups excluding carboxylic acids is 2. The molecule has 0 aliphatic rings. The van der Waals surface area contributed by atoms with Gasteiger partial charge in [-0.2, -0.15) is 10.4 Å². The SMILES string of the molecule is N#Cc1ccccc1OCC(=O)N/N=C\c1cc(Br)cc(Br)c1OC(=O)c1cccc(F)c1. The summed E-state index contributed by atoms with van der Waals surface area (Å²) >= 11 is 6.66. The van der Waals surface area contributed by atoms with Crippen LogP contribution >= 0.6 is 31.9 Å². The smallest absolute Gasteiger partial charge is 0.343 e. The Kier molecular flexibility index (Phi) is 8.29. The standard InChI is InChI=1S/C23H14Br2FN3O4/c24-17-8-16(12-28-29-21(30)13-32-20-7-2-1-4-15(20)11-27)22(19(25)10-17)33-23(31)14-5-3-6-18(26)9-14/h1-10,12H,13H2,(H,29,30)/b28-12-. The highest BCUT2D eigenvalue weighted by Gasteiger charge is 2.16. The van der Waals surface area contributed by atoms with E-state index in [2.05, 4.69) is 42.4 Å². The fourth-order valence-electron chi connectivity index (χ4n) is 2.59. The van der Waals surface area contributed by atoms with E-state index in [1.807, 2.05) is 6.07 Å². The van der Waals surface area contributed by atoms with E-state index in [1.165, 1.54) is 24.4 Å². The molecule has 1 amide bonds. The van der Waals surface area contributed by atoms with Gasteiger partial charge in [0.1, 0.15) is 17.6 Å². The Balaban J connectivity index is 1.69. The summed E-state index contributed by atoms with van der Waals surface area (Å²) in [5.41, 5.74) is 3.00. The number of halogens is 3. The lowest BCUT2D eigenvalue weighted by molar-refractivity contribution is -0.123. The number of para-hydroxylation sites is 1. The van der Waals surface area contributed by atoms with Crippen LogP contribution in [-0.2, 0) is 4.79 Å². The first-order chi connectivity index (χ1) is 15.9. The molecule has 0 aromatic heterocycles. The lowest BCUT2D eigenvalue weighted by atomic mass is 10.2. The average Bonchev–Trinajstić information content (AvgIpc) is 2.79. The van der Waals surface area contributed by atoms with Gasteiger partial charge in [-0.15, -0.1) is 0 Å². The van der Waals surface area contributed by atoms with Gasteiger partial charge in [0.2, 0.25) is 0 Å². The van der Waals surface area contributed by atoms with E-state index in [4.69, 9.17) is 14.7 Å². The molecule has 0 radical (unpaired) electrons. The molecular formula is C23H14Br2FN3O4. The normalized spacial score (nSPS) is 10.5. The minimum Gasteiger partial charge on any atom is -0.482 e. The van der Waals surface area contributed by atoms with Gasteiger partial charge in [-0.1, -0.05) is 34.1 Å². The molecule has 3 aromatic rings. The number of nitrogens with zero attached hydrogens (tertiary/aromatic N) is 2. The molecule has 0 saturated carbocycles. The Morgan fingerprint density at radius 1 is 1.12 bits per heavy atom. The number of nitrogens with one attached hydrogen (secondary N) is 1. The number of hydrogen-bond acceptors (Lipinski definition) is 6. The Labute approximate surface area is 205 Å². The van der Waals surface area contributed by atoms with Crippen molar-refractivity contribution in [3.05, 3.63) is 92.1 Å². The third kappa shape index (κ3) is 6.71. The number of esters is 1. The first kappa shape index (κ1) is 24.1. The van der Waals surface area contributed by atoms with Gasteiger partial charge in [0, 0.05) is 10.0 Å². The summed E-state index contributed by atoms with van der Waals surface area (Å²) in [5.74, 6) is -1.48. The summed E-state index contributed by atoms with van der Waals surface area (Å²) in [6.07, 6.45) is 1.28. The zero-order valence-electron chi connectivity index (χ0n) is 16.7. The lowest BCUT2D eigenvalue weighted by Crippen LogP contribution is -2.24. The highest BCUT2D eigenvalue weighted by molar-refractivity contribution is 9.11. The molecule has 0 spiro atoms. The molecule has 0 bridgehead atoms. The van der Waals surface area contributed by atoms with Crippen LogP contribution in [0.15, 0.2) is 74.7 Å². The van der Waals surface area contributed by atoms with Crippen LogP contribution in [0.25, 0.3) is 0 Å². The number of ether oxygens (including phenoxy) is 2. The van der Waals surface area contributed by atoms with Crippen LogP contribution < -0.4 is 14.9 Å². The molecule has 0 unspecified atom stereocenters. The van der Waals surface area contributed by atoms with E-state index in [0.717, 1.165) is 6.07 Å². The van der Waals surface area contributed by atoms with Crippen molar-refractivity contribution < 1.29 is 23.5 Å². The van der Waals surface area contributed by atoms with E-state index in [9.17, 15) is 14.0 Å². The van der Waals surface area contributed by atoms with E-state index in [1.54, 1.807) is 36.4 Å². The van der Waals surface area contributed by atoms with Crippen LogP contribution in [0, 0.1) is 17.1 Å². The number of carbonyl (C=O) groups is 2. The van der Waals surface area contributed by atoms with Gasteiger partial charge in [-0.25, -0.2) is 14.6 Å². The van der Waals surface area contributed by atoms with Gasteiger partial charge in [-0.3, -0.25) is 4.79 Å². The van der Waals surface area contributed by atoms with Crippen LogP contribution in [0.1, 0.15) is 21.5 Å². The second-order valence-electron chi connectivity index (χ2n) is 6.40. The predicted octanol–water partition coefficient (Wildman–Crippen LogP) is 4.97. The van der Waals surface area contributed by atoms with Crippen LogP contribution in [0.5, 0.6) is 11.5 Å². The van der Waals surface area contributed by atoms with Crippen molar-refractivity contribution in [3.63, 3.8) is 0 Å². The Morgan fingerprint density at radius 3 is 2.67 bits per heavy atom. The van der Waals surface area contributed by atoms with E-state index >= 15 is 0 Å². The number of nitriles is 1. The molecule has 166 valence electrons. The Morgan fingerprint density at radius 2 is 1.91 bits per heavy atom. The summed E-state index contributed by atoms with van der Waals surface area (Å²) in [4.78, 5) is 24.5. The minimum absolute atomic E-state index is 0.0378. The largest absolute Gasteiger partial charge is 0.482 e. The van der Waals surface area contributed by atoms with Crippen molar-refractivity contribution in [3.8, 4) is 17.6 Å². The van der Waals surface area contributed by atoms with E-state index in [-0.39, 0.29) is 23.7 Å². The van der Waals surface area contributed by atoms with Gasteiger partial charge in [0.15, 0.2) is 12.4 Å². The Hall–Kier alpha value is -3.55. The molecule has 10 heteroatoms. The zero-order chi connectivity index (χ0) is 23.8.